The summed E-state index contributed by atoms with van der Waals surface area (Å²) < 4.78 is 1.24. The molecule has 0 amide bonds. The van der Waals surface area contributed by atoms with Gasteiger partial charge in [-0.05, 0) is 11.1 Å². The quantitative estimate of drug-likeness (QED) is 0.803. The zero-order valence-electron chi connectivity index (χ0n) is 11.4. The number of allylic oxidation sites excluding steroid dienone is 1. The summed E-state index contributed by atoms with van der Waals surface area (Å²) in [7, 11) is 0. The second kappa shape index (κ2) is 7.06. The Kier molecular flexibility index (Phi) is 5.14. The zero-order valence-corrected chi connectivity index (χ0v) is 12.2. The van der Waals surface area contributed by atoms with Crippen molar-refractivity contribution < 1.29 is 5.11 Å². The molecule has 21 heavy (non-hydrogen) atoms. The van der Waals surface area contributed by atoms with Crippen LogP contribution in [0.3, 0.4) is 0 Å². The number of rotatable bonds is 6. The fourth-order valence-corrected chi connectivity index (χ4v) is 2.09. The molecule has 1 aromatic carbocycles. The number of halogens is 1. The average molecular weight is 306 g/mol. The molecule has 0 unspecified atom stereocenters. The summed E-state index contributed by atoms with van der Waals surface area (Å²) in [5.41, 5.74) is 1.94. The molecule has 0 saturated heterocycles. The Hall–Kier alpha value is -2.11. The number of aliphatic hydroxyl groups excluding tert-OH is 1. The SMILES string of the molecule is C=CCn1ncc(NCc2cccc(CO)c2)c(Cl)c1=O. The topological polar surface area (TPSA) is 67.2 Å². The van der Waals surface area contributed by atoms with Crippen molar-refractivity contribution in [1.82, 2.24) is 9.78 Å². The summed E-state index contributed by atoms with van der Waals surface area (Å²) in [4.78, 5) is 11.9. The smallest absolute Gasteiger partial charge is 0.287 e. The van der Waals surface area contributed by atoms with E-state index in [4.69, 9.17) is 16.7 Å². The third kappa shape index (κ3) is 3.71. The first-order valence-electron chi connectivity index (χ1n) is 6.44. The van der Waals surface area contributed by atoms with Gasteiger partial charge in [0.25, 0.3) is 5.56 Å². The third-order valence-corrected chi connectivity index (χ3v) is 3.31. The van der Waals surface area contributed by atoms with Crippen LogP contribution in [-0.4, -0.2) is 14.9 Å². The van der Waals surface area contributed by atoms with Gasteiger partial charge in [-0.1, -0.05) is 41.9 Å². The number of hydrogen-bond acceptors (Lipinski definition) is 4. The Labute approximate surface area is 127 Å². The molecule has 0 bridgehead atoms. The predicted octanol–water partition coefficient (Wildman–Crippen LogP) is 2.19. The van der Waals surface area contributed by atoms with Gasteiger partial charge in [-0.15, -0.1) is 6.58 Å². The second-order valence-corrected chi connectivity index (χ2v) is 4.86. The van der Waals surface area contributed by atoms with Gasteiger partial charge in [-0.3, -0.25) is 4.79 Å². The highest BCUT2D eigenvalue weighted by molar-refractivity contribution is 6.32. The van der Waals surface area contributed by atoms with Crippen molar-refractivity contribution in [3.8, 4) is 0 Å². The molecule has 0 aliphatic rings. The van der Waals surface area contributed by atoms with E-state index in [1.54, 1.807) is 6.08 Å². The molecule has 2 N–H and O–H groups in total. The minimum Gasteiger partial charge on any atom is -0.392 e. The van der Waals surface area contributed by atoms with Gasteiger partial charge in [-0.2, -0.15) is 5.10 Å². The lowest BCUT2D eigenvalue weighted by molar-refractivity contribution is 0.281. The number of aliphatic hydroxyl groups is 1. The average Bonchev–Trinajstić information content (AvgIpc) is 2.51. The third-order valence-electron chi connectivity index (χ3n) is 2.94. The van der Waals surface area contributed by atoms with E-state index in [9.17, 15) is 4.79 Å². The largest absolute Gasteiger partial charge is 0.392 e. The summed E-state index contributed by atoms with van der Waals surface area (Å²) in [5.74, 6) is 0. The van der Waals surface area contributed by atoms with Crippen molar-refractivity contribution in [3.05, 3.63) is 69.6 Å². The number of hydrogen-bond donors (Lipinski definition) is 2. The van der Waals surface area contributed by atoms with Crippen molar-refractivity contribution in [3.63, 3.8) is 0 Å². The maximum Gasteiger partial charge on any atom is 0.287 e. The normalized spacial score (nSPS) is 10.4. The second-order valence-electron chi connectivity index (χ2n) is 4.48. The molecule has 2 rings (SSSR count). The van der Waals surface area contributed by atoms with Crippen LogP contribution in [-0.2, 0) is 19.7 Å². The van der Waals surface area contributed by atoms with E-state index in [-0.39, 0.29) is 17.2 Å². The molecule has 0 saturated carbocycles. The van der Waals surface area contributed by atoms with Crippen molar-refractivity contribution in [2.45, 2.75) is 19.7 Å². The highest BCUT2D eigenvalue weighted by Gasteiger charge is 2.08. The van der Waals surface area contributed by atoms with Gasteiger partial charge in [0.15, 0.2) is 0 Å². The van der Waals surface area contributed by atoms with Crippen molar-refractivity contribution >= 4 is 17.3 Å². The van der Waals surface area contributed by atoms with Crippen LogP contribution < -0.4 is 10.9 Å². The van der Waals surface area contributed by atoms with E-state index in [1.165, 1.54) is 10.9 Å². The lowest BCUT2D eigenvalue weighted by atomic mass is 10.1. The summed E-state index contributed by atoms with van der Waals surface area (Å²) >= 11 is 6.05. The molecule has 0 fully saturated rings. The fourth-order valence-electron chi connectivity index (χ4n) is 1.88. The van der Waals surface area contributed by atoms with Crippen LogP contribution >= 0.6 is 11.6 Å². The van der Waals surface area contributed by atoms with Gasteiger partial charge in [-0.25, -0.2) is 4.68 Å². The van der Waals surface area contributed by atoms with Crippen LogP contribution in [0.2, 0.25) is 5.02 Å². The van der Waals surface area contributed by atoms with Gasteiger partial charge < -0.3 is 10.4 Å². The zero-order chi connectivity index (χ0) is 15.2. The maximum atomic E-state index is 11.9. The molecular weight excluding hydrogens is 290 g/mol. The van der Waals surface area contributed by atoms with Crippen molar-refractivity contribution in [2.75, 3.05) is 5.32 Å². The van der Waals surface area contributed by atoms with Gasteiger partial charge in [0.1, 0.15) is 5.02 Å². The minimum atomic E-state index is -0.356. The van der Waals surface area contributed by atoms with Crippen molar-refractivity contribution in [1.29, 1.82) is 0 Å². The van der Waals surface area contributed by atoms with E-state index >= 15 is 0 Å². The summed E-state index contributed by atoms with van der Waals surface area (Å²) in [5, 5.41) is 16.3. The number of nitrogens with one attached hydrogen (secondary N) is 1. The molecule has 0 atom stereocenters. The number of anilines is 1. The lowest BCUT2D eigenvalue weighted by Gasteiger charge is -2.10. The Morgan fingerprint density at radius 3 is 2.90 bits per heavy atom. The Balaban J connectivity index is 2.14. The van der Waals surface area contributed by atoms with E-state index < -0.39 is 0 Å². The van der Waals surface area contributed by atoms with Crippen LogP contribution in [0.4, 0.5) is 5.69 Å². The van der Waals surface area contributed by atoms with Gasteiger partial charge in [0.05, 0.1) is 25.0 Å². The van der Waals surface area contributed by atoms with Gasteiger partial charge in [0.2, 0.25) is 0 Å². The fraction of sp³-hybridized carbons (Fsp3) is 0.200. The van der Waals surface area contributed by atoms with Gasteiger partial charge >= 0.3 is 0 Å². The van der Waals surface area contributed by atoms with Crippen LogP contribution in [0.1, 0.15) is 11.1 Å². The van der Waals surface area contributed by atoms with Crippen LogP contribution in [0.15, 0.2) is 47.9 Å². The molecule has 0 radical (unpaired) electrons. The van der Waals surface area contributed by atoms with E-state index in [1.807, 2.05) is 24.3 Å². The number of benzene rings is 1. The first-order chi connectivity index (χ1) is 10.2. The molecule has 1 heterocycles. The highest BCUT2D eigenvalue weighted by Crippen LogP contribution is 2.16. The molecule has 6 heteroatoms. The monoisotopic (exact) mass is 305 g/mol. The van der Waals surface area contributed by atoms with Crippen molar-refractivity contribution in [2.24, 2.45) is 0 Å². The Morgan fingerprint density at radius 2 is 2.19 bits per heavy atom. The number of nitrogens with zero attached hydrogens (tertiary/aromatic N) is 2. The van der Waals surface area contributed by atoms with E-state index in [0.717, 1.165) is 11.1 Å². The van der Waals surface area contributed by atoms with Crippen LogP contribution in [0.5, 0.6) is 0 Å². The molecular formula is C15H16ClN3O2. The molecule has 5 nitrogen and oxygen atoms in total. The summed E-state index contributed by atoms with van der Waals surface area (Å²) in [6.45, 7) is 4.36. The van der Waals surface area contributed by atoms with E-state index in [0.29, 0.717) is 18.8 Å². The maximum absolute atomic E-state index is 11.9. The minimum absolute atomic E-state index is 0.00620. The molecule has 0 aliphatic carbocycles. The molecule has 1 aromatic heterocycles. The van der Waals surface area contributed by atoms with Gasteiger partial charge in [0, 0.05) is 6.54 Å². The van der Waals surface area contributed by atoms with E-state index in [2.05, 4.69) is 17.0 Å². The molecule has 2 aromatic rings. The summed E-state index contributed by atoms with van der Waals surface area (Å²) in [6.07, 6.45) is 3.10. The van der Waals surface area contributed by atoms with Crippen LogP contribution in [0, 0.1) is 0 Å². The predicted molar refractivity (Wildman–Crippen MR) is 83.4 cm³/mol. The Bertz CT molecular complexity index is 698. The Morgan fingerprint density at radius 1 is 1.43 bits per heavy atom. The molecule has 0 aliphatic heterocycles. The number of aromatic nitrogens is 2. The lowest BCUT2D eigenvalue weighted by Crippen LogP contribution is -2.23. The molecule has 110 valence electrons. The first-order valence-corrected chi connectivity index (χ1v) is 6.82. The first kappa shape index (κ1) is 15.3. The highest BCUT2D eigenvalue weighted by atomic mass is 35.5. The van der Waals surface area contributed by atoms with Crippen LogP contribution in [0.25, 0.3) is 0 Å². The molecule has 0 spiro atoms. The standard InChI is InChI=1S/C15H16ClN3O2/c1-2-6-19-15(21)14(16)13(9-18-19)17-8-11-4-3-5-12(7-11)10-20/h2-5,7,9,17,20H,1,6,8,10H2. The summed E-state index contributed by atoms with van der Waals surface area (Å²) in [6, 6.07) is 7.51.